The van der Waals surface area contributed by atoms with E-state index in [0.29, 0.717) is 18.1 Å². The average molecular weight is 345 g/mol. The molecule has 1 aromatic rings. The van der Waals surface area contributed by atoms with Gasteiger partial charge in [0.1, 0.15) is 5.76 Å². The Balaban J connectivity index is 1.34. The minimum Gasteiger partial charge on any atom is -0.469 e. The summed E-state index contributed by atoms with van der Waals surface area (Å²) in [5.41, 5.74) is 0. The van der Waals surface area contributed by atoms with E-state index in [1.807, 2.05) is 12.1 Å². The van der Waals surface area contributed by atoms with Crippen molar-refractivity contribution in [3.05, 3.63) is 24.2 Å². The first-order valence-electron chi connectivity index (χ1n) is 10.1. The summed E-state index contributed by atoms with van der Waals surface area (Å²) in [6.45, 7) is 4.30. The summed E-state index contributed by atoms with van der Waals surface area (Å²) in [7, 11) is 0. The predicted molar refractivity (Wildman–Crippen MR) is 101 cm³/mol. The molecule has 2 N–H and O–H groups in total. The first-order valence-corrected chi connectivity index (χ1v) is 10.1. The van der Waals surface area contributed by atoms with Crippen molar-refractivity contribution in [2.45, 2.75) is 82.5 Å². The highest BCUT2D eigenvalue weighted by Gasteiger charge is 2.39. The van der Waals surface area contributed by atoms with Crippen LogP contribution in [0.1, 0.15) is 57.6 Å². The van der Waals surface area contributed by atoms with Crippen molar-refractivity contribution < 1.29 is 4.42 Å². The van der Waals surface area contributed by atoms with E-state index in [1.54, 1.807) is 6.26 Å². The van der Waals surface area contributed by atoms with Crippen LogP contribution >= 0.6 is 0 Å². The maximum absolute atomic E-state index is 5.43. The number of furan rings is 1. The zero-order valence-corrected chi connectivity index (χ0v) is 15.4. The Morgan fingerprint density at radius 2 is 2.00 bits per heavy atom. The van der Waals surface area contributed by atoms with Crippen molar-refractivity contribution in [1.82, 2.24) is 15.5 Å². The molecule has 1 aliphatic heterocycles. The molecule has 0 spiro atoms. The largest absolute Gasteiger partial charge is 0.469 e. The van der Waals surface area contributed by atoms with Crippen LogP contribution in [0.2, 0.25) is 0 Å². The van der Waals surface area contributed by atoms with Crippen molar-refractivity contribution in [2.24, 2.45) is 4.99 Å². The SMILES string of the molecule is CC1CC(NC(=NCCc2ccco2)NC2CCCC2)CN1C1CC1. The molecule has 3 fully saturated rings. The quantitative estimate of drug-likeness (QED) is 0.615. The molecule has 138 valence electrons. The highest BCUT2D eigenvalue weighted by molar-refractivity contribution is 5.80. The second kappa shape index (κ2) is 7.81. The van der Waals surface area contributed by atoms with Gasteiger partial charge in [-0.2, -0.15) is 0 Å². The van der Waals surface area contributed by atoms with E-state index in [1.165, 1.54) is 44.9 Å². The number of likely N-dealkylation sites (tertiary alicyclic amines) is 1. The van der Waals surface area contributed by atoms with Crippen molar-refractivity contribution in [2.75, 3.05) is 13.1 Å². The van der Waals surface area contributed by atoms with Crippen LogP contribution in [0.25, 0.3) is 0 Å². The van der Waals surface area contributed by atoms with E-state index in [-0.39, 0.29) is 0 Å². The molecule has 2 heterocycles. The van der Waals surface area contributed by atoms with Gasteiger partial charge in [-0.3, -0.25) is 9.89 Å². The second-order valence-electron chi connectivity index (χ2n) is 8.04. The smallest absolute Gasteiger partial charge is 0.191 e. The van der Waals surface area contributed by atoms with Crippen LogP contribution in [0.5, 0.6) is 0 Å². The third-order valence-corrected chi connectivity index (χ3v) is 5.88. The third kappa shape index (κ3) is 4.57. The summed E-state index contributed by atoms with van der Waals surface area (Å²) in [6, 6.07) is 6.63. The topological polar surface area (TPSA) is 52.8 Å². The first kappa shape index (κ1) is 17.0. The van der Waals surface area contributed by atoms with E-state index >= 15 is 0 Å². The molecule has 1 saturated heterocycles. The maximum Gasteiger partial charge on any atom is 0.191 e. The standard InChI is InChI=1S/C20H32N4O/c1-15-13-17(14-24(15)18-8-9-18)23-20(22-16-5-2-3-6-16)21-11-10-19-7-4-12-25-19/h4,7,12,15-18H,2-3,5-6,8-11,13-14H2,1H3,(H2,21,22,23). The summed E-state index contributed by atoms with van der Waals surface area (Å²) in [6.07, 6.45) is 11.8. The zero-order chi connectivity index (χ0) is 17.1. The van der Waals surface area contributed by atoms with E-state index in [0.717, 1.165) is 37.3 Å². The normalized spacial score (nSPS) is 28.6. The fourth-order valence-corrected chi connectivity index (χ4v) is 4.40. The Bertz CT molecular complexity index is 560. The van der Waals surface area contributed by atoms with Crippen LogP contribution in [0.15, 0.2) is 27.8 Å². The molecule has 3 aliphatic rings. The summed E-state index contributed by atoms with van der Waals surface area (Å²) in [5, 5.41) is 7.42. The van der Waals surface area contributed by atoms with Gasteiger partial charge in [-0.05, 0) is 51.2 Å². The van der Waals surface area contributed by atoms with Gasteiger partial charge in [-0.1, -0.05) is 12.8 Å². The first-order chi connectivity index (χ1) is 12.3. The van der Waals surface area contributed by atoms with E-state index in [2.05, 4.69) is 22.5 Å². The fourth-order valence-electron chi connectivity index (χ4n) is 4.40. The van der Waals surface area contributed by atoms with E-state index in [4.69, 9.17) is 9.41 Å². The molecular formula is C20H32N4O. The van der Waals surface area contributed by atoms with Gasteiger partial charge in [0.15, 0.2) is 5.96 Å². The van der Waals surface area contributed by atoms with Gasteiger partial charge in [0.25, 0.3) is 0 Å². The average Bonchev–Trinajstić information content (AvgIpc) is 3.00. The van der Waals surface area contributed by atoms with E-state index in [9.17, 15) is 0 Å². The zero-order valence-electron chi connectivity index (χ0n) is 15.4. The number of aliphatic imine (C=N–C) groups is 1. The molecule has 5 nitrogen and oxygen atoms in total. The molecule has 4 rings (SSSR count). The Morgan fingerprint density at radius 3 is 2.72 bits per heavy atom. The van der Waals surface area contributed by atoms with Crippen LogP contribution in [0, 0.1) is 0 Å². The van der Waals surface area contributed by atoms with Gasteiger partial charge >= 0.3 is 0 Å². The van der Waals surface area contributed by atoms with Gasteiger partial charge < -0.3 is 15.1 Å². The molecule has 2 unspecified atom stereocenters. The molecule has 0 radical (unpaired) electrons. The van der Waals surface area contributed by atoms with Gasteiger partial charge in [-0.25, -0.2) is 0 Å². The number of hydrogen-bond donors (Lipinski definition) is 2. The minimum atomic E-state index is 0.520. The molecule has 2 aliphatic carbocycles. The van der Waals surface area contributed by atoms with Crippen LogP contribution in [0.3, 0.4) is 0 Å². The molecular weight excluding hydrogens is 312 g/mol. The molecule has 0 aromatic carbocycles. The summed E-state index contributed by atoms with van der Waals surface area (Å²) in [4.78, 5) is 7.54. The van der Waals surface area contributed by atoms with Crippen LogP contribution in [-0.2, 0) is 6.42 Å². The molecule has 1 aromatic heterocycles. The lowest BCUT2D eigenvalue weighted by atomic mass is 10.2. The van der Waals surface area contributed by atoms with Crippen molar-refractivity contribution in [1.29, 1.82) is 0 Å². The summed E-state index contributed by atoms with van der Waals surface area (Å²) >= 11 is 0. The van der Waals surface area contributed by atoms with Gasteiger partial charge in [0, 0.05) is 43.7 Å². The minimum absolute atomic E-state index is 0.520. The van der Waals surface area contributed by atoms with Crippen LogP contribution in [-0.4, -0.2) is 48.1 Å². The second-order valence-corrected chi connectivity index (χ2v) is 8.04. The Kier molecular flexibility index (Phi) is 5.30. The van der Waals surface area contributed by atoms with Crippen LogP contribution in [0.4, 0.5) is 0 Å². The number of rotatable bonds is 6. The predicted octanol–water partition coefficient (Wildman–Crippen LogP) is 2.93. The molecule has 2 atom stereocenters. The van der Waals surface area contributed by atoms with Crippen molar-refractivity contribution in [3.8, 4) is 0 Å². The highest BCUT2D eigenvalue weighted by atomic mass is 16.3. The van der Waals surface area contributed by atoms with E-state index < -0.39 is 0 Å². The molecule has 2 saturated carbocycles. The van der Waals surface area contributed by atoms with Crippen molar-refractivity contribution in [3.63, 3.8) is 0 Å². The summed E-state index contributed by atoms with van der Waals surface area (Å²) in [5.74, 6) is 2.02. The van der Waals surface area contributed by atoms with Crippen molar-refractivity contribution >= 4 is 5.96 Å². The lowest BCUT2D eigenvalue weighted by Crippen LogP contribution is -2.47. The lowest BCUT2D eigenvalue weighted by Gasteiger charge is -2.22. The Labute approximate surface area is 151 Å². The highest BCUT2D eigenvalue weighted by Crippen LogP contribution is 2.33. The lowest BCUT2D eigenvalue weighted by molar-refractivity contribution is 0.256. The number of guanidine groups is 1. The number of hydrogen-bond acceptors (Lipinski definition) is 3. The molecule has 0 amide bonds. The Morgan fingerprint density at radius 1 is 1.20 bits per heavy atom. The monoisotopic (exact) mass is 344 g/mol. The summed E-state index contributed by atoms with van der Waals surface area (Å²) < 4.78 is 5.43. The molecule has 0 bridgehead atoms. The van der Waals surface area contributed by atoms with Gasteiger partial charge in [0.2, 0.25) is 0 Å². The fraction of sp³-hybridized carbons (Fsp3) is 0.750. The molecule has 5 heteroatoms. The maximum atomic E-state index is 5.43. The molecule has 25 heavy (non-hydrogen) atoms. The number of nitrogens with one attached hydrogen (secondary N) is 2. The van der Waals surface area contributed by atoms with Crippen LogP contribution < -0.4 is 10.6 Å². The third-order valence-electron chi connectivity index (χ3n) is 5.88. The van der Waals surface area contributed by atoms with Gasteiger partial charge in [0.05, 0.1) is 6.26 Å². The Hall–Kier alpha value is -1.49. The number of nitrogens with zero attached hydrogens (tertiary/aromatic N) is 2. The van der Waals surface area contributed by atoms with Gasteiger partial charge in [-0.15, -0.1) is 0 Å².